The van der Waals surface area contributed by atoms with Crippen molar-refractivity contribution in [2.45, 2.75) is 33.7 Å². The molecule has 1 aliphatic heterocycles. The van der Waals surface area contributed by atoms with Gasteiger partial charge in [-0.05, 0) is 31.5 Å². The number of morpholine rings is 1. The zero-order valence-electron chi connectivity index (χ0n) is 17.2. The van der Waals surface area contributed by atoms with Crippen molar-refractivity contribution in [2.75, 3.05) is 40.0 Å². The second kappa shape index (κ2) is 9.49. The summed E-state index contributed by atoms with van der Waals surface area (Å²) in [7, 11) is 1.66. The number of carbonyl (C=O) groups excluding carboxylic acids is 1. The van der Waals surface area contributed by atoms with E-state index in [-0.39, 0.29) is 5.78 Å². The number of nitrogens with zero attached hydrogens (tertiary/aromatic N) is 2. The monoisotopic (exact) mass is 404 g/mol. The van der Waals surface area contributed by atoms with Gasteiger partial charge in [0.25, 0.3) is 0 Å². The Balaban J connectivity index is 1.90. The molecule has 1 saturated heterocycles. The number of quaternary nitrogens is 1. The number of hydrogen-bond donors (Lipinski definition) is 1. The van der Waals surface area contributed by atoms with Gasteiger partial charge in [-0.25, -0.2) is 4.99 Å². The molecule has 0 amide bonds. The molecule has 0 saturated carbocycles. The number of benzene rings is 1. The maximum Gasteiger partial charge on any atom is 0.190 e. The number of ether oxygens (including phenoxy) is 2. The summed E-state index contributed by atoms with van der Waals surface area (Å²) in [4.78, 5) is 20.2. The van der Waals surface area contributed by atoms with Crippen LogP contribution in [0.5, 0.6) is 5.75 Å². The first kappa shape index (κ1) is 20.8. The van der Waals surface area contributed by atoms with E-state index in [9.17, 15) is 4.79 Å². The minimum absolute atomic E-state index is 0.0905. The normalized spacial score (nSPS) is 15.8. The van der Waals surface area contributed by atoms with Crippen LogP contribution in [0.4, 0.5) is 5.69 Å². The van der Waals surface area contributed by atoms with Crippen LogP contribution in [0, 0.1) is 13.8 Å². The first-order valence-electron chi connectivity index (χ1n) is 9.81. The summed E-state index contributed by atoms with van der Waals surface area (Å²) >= 11 is 1.46. The molecule has 1 aliphatic rings. The number of thiazole rings is 1. The lowest BCUT2D eigenvalue weighted by Gasteiger charge is -2.23. The van der Waals surface area contributed by atoms with E-state index in [4.69, 9.17) is 14.5 Å². The molecule has 3 rings (SSSR count). The fraction of sp³-hybridized carbons (Fsp3) is 0.524. The Labute approximate surface area is 170 Å². The number of ketones is 1. The zero-order chi connectivity index (χ0) is 20.1. The Bertz CT molecular complexity index is 895. The van der Waals surface area contributed by atoms with Gasteiger partial charge in [-0.2, -0.15) is 0 Å². The average Bonchev–Trinajstić information content (AvgIpc) is 2.99. The van der Waals surface area contributed by atoms with Crippen molar-refractivity contribution in [1.29, 1.82) is 0 Å². The molecule has 1 fully saturated rings. The van der Waals surface area contributed by atoms with Crippen LogP contribution < -0.4 is 14.4 Å². The van der Waals surface area contributed by atoms with E-state index >= 15 is 0 Å². The van der Waals surface area contributed by atoms with Crippen molar-refractivity contribution in [2.24, 2.45) is 4.99 Å². The Morgan fingerprint density at radius 2 is 2.07 bits per heavy atom. The Morgan fingerprint density at radius 1 is 1.32 bits per heavy atom. The molecule has 6 nitrogen and oxygen atoms in total. The minimum Gasteiger partial charge on any atom is -0.494 e. The van der Waals surface area contributed by atoms with Gasteiger partial charge in [0.05, 0.1) is 31.7 Å². The van der Waals surface area contributed by atoms with Gasteiger partial charge < -0.3 is 18.9 Å². The standard InChI is InChI=1S/C21H29N3O3S/c1-15-6-7-19(26-4)18(14-15)22-21-24(16(2)20(28-21)17(3)25)9-5-8-23-10-12-27-13-11-23/h6-7,14H,5,8-13H2,1-4H3/p+1. The Morgan fingerprint density at radius 3 is 2.75 bits per heavy atom. The third kappa shape index (κ3) is 4.90. The predicted octanol–water partition coefficient (Wildman–Crippen LogP) is 1.92. The number of Topliss-reactive ketones (excluding diaryl/α,β-unsaturated/α-hetero) is 1. The molecule has 0 aliphatic carbocycles. The molecule has 0 unspecified atom stereocenters. The molecule has 0 spiro atoms. The van der Waals surface area contributed by atoms with Crippen LogP contribution in [0.3, 0.4) is 0 Å². The average molecular weight is 405 g/mol. The number of hydrogen-bond acceptors (Lipinski definition) is 5. The molecular formula is C21H30N3O3S+. The van der Waals surface area contributed by atoms with Gasteiger partial charge in [0.2, 0.25) is 0 Å². The molecule has 1 N–H and O–H groups in total. The van der Waals surface area contributed by atoms with Gasteiger partial charge >= 0.3 is 0 Å². The van der Waals surface area contributed by atoms with Crippen LogP contribution in [-0.4, -0.2) is 50.3 Å². The largest absolute Gasteiger partial charge is 0.494 e. The molecular weight excluding hydrogens is 374 g/mol. The van der Waals surface area contributed by atoms with Crippen molar-refractivity contribution in [3.05, 3.63) is 39.1 Å². The Kier molecular flexibility index (Phi) is 7.04. The molecule has 0 radical (unpaired) electrons. The van der Waals surface area contributed by atoms with Crippen molar-refractivity contribution in [1.82, 2.24) is 4.57 Å². The molecule has 2 aromatic rings. The summed E-state index contributed by atoms with van der Waals surface area (Å²) in [5, 5.41) is 0. The third-order valence-corrected chi connectivity index (χ3v) is 6.42. The van der Waals surface area contributed by atoms with E-state index in [2.05, 4.69) is 4.57 Å². The van der Waals surface area contributed by atoms with Crippen LogP contribution in [0.1, 0.15) is 34.3 Å². The van der Waals surface area contributed by atoms with E-state index in [1.807, 2.05) is 32.0 Å². The first-order valence-corrected chi connectivity index (χ1v) is 10.6. The lowest BCUT2D eigenvalue weighted by Crippen LogP contribution is -3.14. The summed E-state index contributed by atoms with van der Waals surface area (Å²) in [6.45, 7) is 11.5. The van der Waals surface area contributed by atoms with E-state index in [0.29, 0.717) is 0 Å². The Hall–Kier alpha value is -1.96. The number of carbonyl (C=O) groups is 1. The maximum atomic E-state index is 12.1. The quantitative estimate of drug-likeness (QED) is 0.718. The van der Waals surface area contributed by atoms with Gasteiger partial charge in [-0.3, -0.25) is 4.79 Å². The molecule has 0 bridgehead atoms. The lowest BCUT2D eigenvalue weighted by atomic mass is 10.2. The van der Waals surface area contributed by atoms with Crippen molar-refractivity contribution < 1.29 is 19.2 Å². The summed E-state index contributed by atoms with van der Waals surface area (Å²) in [6, 6.07) is 5.97. The number of methoxy groups -OCH3 is 1. The highest BCUT2D eigenvalue weighted by Gasteiger charge is 2.16. The highest BCUT2D eigenvalue weighted by Crippen LogP contribution is 2.28. The van der Waals surface area contributed by atoms with E-state index in [1.165, 1.54) is 11.3 Å². The highest BCUT2D eigenvalue weighted by molar-refractivity contribution is 7.11. The highest BCUT2D eigenvalue weighted by atomic mass is 32.1. The van der Waals surface area contributed by atoms with Gasteiger partial charge in [0.15, 0.2) is 10.6 Å². The summed E-state index contributed by atoms with van der Waals surface area (Å²) in [5.74, 6) is 0.832. The fourth-order valence-electron chi connectivity index (χ4n) is 3.55. The van der Waals surface area contributed by atoms with Gasteiger partial charge in [-0.1, -0.05) is 17.4 Å². The van der Waals surface area contributed by atoms with Gasteiger partial charge in [0.1, 0.15) is 24.5 Å². The second-order valence-electron chi connectivity index (χ2n) is 7.26. The number of aryl methyl sites for hydroxylation is 1. The number of nitrogens with one attached hydrogen (secondary N) is 1. The molecule has 1 aromatic heterocycles. The van der Waals surface area contributed by atoms with Gasteiger partial charge in [0, 0.05) is 25.6 Å². The van der Waals surface area contributed by atoms with Crippen LogP contribution in [0.15, 0.2) is 23.2 Å². The predicted molar refractivity (Wildman–Crippen MR) is 111 cm³/mol. The topological polar surface area (TPSA) is 57.3 Å². The van der Waals surface area contributed by atoms with Crippen LogP contribution in [-0.2, 0) is 11.3 Å². The van der Waals surface area contributed by atoms with Crippen molar-refractivity contribution in [3.63, 3.8) is 0 Å². The minimum atomic E-state index is 0.0905. The van der Waals surface area contributed by atoms with E-state index in [1.54, 1.807) is 18.9 Å². The van der Waals surface area contributed by atoms with E-state index < -0.39 is 0 Å². The van der Waals surface area contributed by atoms with Crippen LogP contribution in [0.2, 0.25) is 0 Å². The molecule has 7 heteroatoms. The SMILES string of the molecule is COc1ccc(C)cc1N=c1sc(C(C)=O)c(C)n1CCC[NH+]1CCOCC1. The van der Waals surface area contributed by atoms with Crippen molar-refractivity contribution in [3.8, 4) is 5.75 Å². The fourth-order valence-corrected chi connectivity index (χ4v) is 4.61. The second-order valence-corrected chi connectivity index (χ2v) is 8.24. The zero-order valence-corrected chi connectivity index (χ0v) is 18.0. The molecule has 28 heavy (non-hydrogen) atoms. The van der Waals surface area contributed by atoms with Crippen LogP contribution >= 0.6 is 11.3 Å². The molecule has 0 atom stereocenters. The van der Waals surface area contributed by atoms with Crippen molar-refractivity contribution >= 4 is 22.8 Å². The van der Waals surface area contributed by atoms with Crippen LogP contribution in [0.25, 0.3) is 0 Å². The molecule has 2 heterocycles. The summed E-state index contributed by atoms with van der Waals surface area (Å²) in [5.41, 5.74) is 2.92. The molecule has 1 aromatic carbocycles. The van der Waals surface area contributed by atoms with E-state index in [0.717, 1.165) is 78.2 Å². The lowest BCUT2D eigenvalue weighted by molar-refractivity contribution is -0.908. The van der Waals surface area contributed by atoms with Gasteiger partial charge in [-0.15, -0.1) is 0 Å². The summed E-state index contributed by atoms with van der Waals surface area (Å²) < 4.78 is 13.1. The smallest absolute Gasteiger partial charge is 0.190 e. The number of aromatic nitrogens is 1. The first-order chi connectivity index (χ1) is 13.5. The molecule has 152 valence electrons. The number of rotatable bonds is 7. The third-order valence-electron chi connectivity index (χ3n) is 5.14. The maximum absolute atomic E-state index is 12.1. The summed E-state index contributed by atoms with van der Waals surface area (Å²) in [6.07, 6.45) is 1.04.